The average Bonchev–Trinajstić information content (AvgIpc) is 2.38. The van der Waals surface area contributed by atoms with Gasteiger partial charge in [-0.3, -0.25) is 0 Å². The molecule has 0 aromatic carbocycles. The Morgan fingerprint density at radius 1 is 1.11 bits per heavy atom. The van der Waals surface area contributed by atoms with E-state index < -0.39 is 0 Å². The number of nitrogens with zero attached hydrogens (tertiary/aromatic N) is 3. The second-order valence-electron chi connectivity index (χ2n) is 5.14. The fourth-order valence-corrected chi connectivity index (χ4v) is 2.54. The summed E-state index contributed by atoms with van der Waals surface area (Å²) in [6, 6.07) is 0. The lowest BCUT2D eigenvalue weighted by atomic mass is 9.98. The highest BCUT2D eigenvalue weighted by Crippen LogP contribution is 2.20. The molecule has 1 aromatic rings. The fraction of sp³-hybridized carbons (Fsp3) is 0.733. The molecule has 1 aromatic heterocycles. The number of aryl methyl sites for hydroxylation is 2. The van der Waals surface area contributed by atoms with Crippen molar-refractivity contribution in [3.63, 3.8) is 0 Å². The van der Waals surface area contributed by atoms with E-state index in [9.17, 15) is 0 Å². The van der Waals surface area contributed by atoms with Gasteiger partial charge in [0.25, 0.3) is 0 Å². The monoisotopic (exact) mass is 264 g/mol. The Morgan fingerprint density at radius 2 is 1.63 bits per heavy atom. The van der Waals surface area contributed by atoms with E-state index in [4.69, 9.17) is 5.73 Å². The maximum Gasteiger partial charge on any atom is 0.130 e. The number of hydrogen-bond acceptors (Lipinski definition) is 4. The van der Waals surface area contributed by atoms with Gasteiger partial charge in [-0.05, 0) is 45.0 Å². The molecular formula is C15H28N4. The molecule has 0 radical (unpaired) electrons. The second-order valence-corrected chi connectivity index (χ2v) is 5.14. The third-order valence-corrected chi connectivity index (χ3v) is 3.77. The summed E-state index contributed by atoms with van der Waals surface area (Å²) in [5, 5.41) is 0. The summed E-state index contributed by atoms with van der Waals surface area (Å²) >= 11 is 0. The molecule has 4 nitrogen and oxygen atoms in total. The van der Waals surface area contributed by atoms with Gasteiger partial charge in [-0.15, -0.1) is 0 Å². The first-order chi connectivity index (χ1) is 9.03. The lowest BCUT2D eigenvalue weighted by Crippen LogP contribution is -2.26. The maximum absolute atomic E-state index is 5.75. The average molecular weight is 264 g/mol. The predicted molar refractivity (Wildman–Crippen MR) is 80.5 cm³/mol. The van der Waals surface area contributed by atoms with Crippen LogP contribution < -0.4 is 5.73 Å². The summed E-state index contributed by atoms with van der Waals surface area (Å²) in [4.78, 5) is 11.7. The Balaban J connectivity index is 2.83. The van der Waals surface area contributed by atoms with Gasteiger partial charge in [-0.2, -0.15) is 0 Å². The summed E-state index contributed by atoms with van der Waals surface area (Å²) in [6.07, 6.45) is 0.917. The predicted octanol–water partition coefficient (Wildman–Crippen LogP) is 2.04. The SMILES string of the molecule is CCN(CC)CCc1nc(C)c(C(C)CN)c(C)n1. The molecule has 1 rings (SSSR count). The van der Waals surface area contributed by atoms with Crippen LogP contribution in [0.3, 0.4) is 0 Å². The van der Waals surface area contributed by atoms with Gasteiger partial charge in [-0.1, -0.05) is 20.8 Å². The van der Waals surface area contributed by atoms with E-state index in [1.807, 2.05) is 0 Å². The minimum Gasteiger partial charge on any atom is -0.330 e. The zero-order valence-corrected chi connectivity index (χ0v) is 13.0. The first kappa shape index (κ1) is 16.1. The Hall–Kier alpha value is -1.00. The van der Waals surface area contributed by atoms with E-state index in [2.05, 4.69) is 49.5 Å². The van der Waals surface area contributed by atoms with Crippen molar-refractivity contribution >= 4 is 0 Å². The molecule has 0 saturated carbocycles. The molecule has 1 atom stereocenters. The van der Waals surface area contributed by atoms with E-state index >= 15 is 0 Å². The van der Waals surface area contributed by atoms with Gasteiger partial charge >= 0.3 is 0 Å². The van der Waals surface area contributed by atoms with Crippen molar-refractivity contribution < 1.29 is 0 Å². The Kier molecular flexibility index (Phi) is 6.38. The van der Waals surface area contributed by atoms with Gasteiger partial charge in [0.05, 0.1) is 0 Å². The molecule has 0 spiro atoms. The number of hydrogen-bond donors (Lipinski definition) is 1. The smallest absolute Gasteiger partial charge is 0.130 e. The van der Waals surface area contributed by atoms with Crippen molar-refractivity contribution in [3.8, 4) is 0 Å². The zero-order chi connectivity index (χ0) is 14.4. The molecule has 4 heteroatoms. The molecule has 1 unspecified atom stereocenters. The van der Waals surface area contributed by atoms with E-state index in [0.29, 0.717) is 12.5 Å². The van der Waals surface area contributed by atoms with Crippen LogP contribution in [0.4, 0.5) is 0 Å². The van der Waals surface area contributed by atoms with Crippen LogP contribution in [0.2, 0.25) is 0 Å². The molecule has 108 valence electrons. The van der Waals surface area contributed by atoms with Crippen LogP contribution in [0, 0.1) is 13.8 Å². The molecule has 19 heavy (non-hydrogen) atoms. The summed E-state index contributed by atoms with van der Waals surface area (Å²) in [7, 11) is 0. The number of rotatable bonds is 7. The zero-order valence-electron chi connectivity index (χ0n) is 13.0. The van der Waals surface area contributed by atoms with E-state index in [1.165, 1.54) is 5.56 Å². The van der Waals surface area contributed by atoms with Crippen LogP contribution in [0.15, 0.2) is 0 Å². The minimum atomic E-state index is 0.330. The Bertz CT molecular complexity index is 376. The Morgan fingerprint density at radius 3 is 2.05 bits per heavy atom. The van der Waals surface area contributed by atoms with Crippen LogP contribution in [0.5, 0.6) is 0 Å². The lowest BCUT2D eigenvalue weighted by Gasteiger charge is -2.19. The quantitative estimate of drug-likeness (QED) is 0.819. The molecule has 1 heterocycles. The van der Waals surface area contributed by atoms with Crippen LogP contribution in [0.1, 0.15) is 49.5 Å². The van der Waals surface area contributed by atoms with Crippen molar-refractivity contribution in [1.82, 2.24) is 14.9 Å². The molecular weight excluding hydrogens is 236 g/mol. The fourth-order valence-electron chi connectivity index (χ4n) is 2.54. The lowest BCUT2D eigenvalue weighted by molar-refractivity contribution is 0.305. The van der Waals surface area contributed by atoms with Gasteiger partial charge in [0.1, 0.15) is 5.82 Å². The first-order valence-corrected chi connectivity index (χ1v) is 7.29. The summed E-state index contributed by atoms with van der Waals surface area (Å²) in [6.45, 7) is 14.5. The Labute approximate surface area is 117 Å². The second kappa shape index (κ2) is 7.56. The van der Waals surface area contributed by atoms with Crippen LogP contribution in [-0.4, -0.2) is 41.0 Å². The van der Waals surface area contributed by atoms with Crippen molar-refractivity contribution in [2.75, 3.05) is 26.2 Å². The number of likely N-dealkylation sites (N-methyl/N-ethyl adjacent to an activating group) is 1. The maximum atomic E-state index is 5.75. The topological polar surface area (TPSA) is 55.0 Å². The number of nitrogens with two attached hydrogens (primary N) is 1. The molecule has 0 aliphatic rings. The molecule has 0 aliphatic carbocycles. The van der Waals surface area contributed by atoms with Gasteiger partial charge in [0.15, 0.2) is 0 Å². The van der Waals surface area contributed by atoms with Crippen molar-refractivity contribution in [2.24, 2.45) is 5.73 Å². The summed E-state index contributed by atoms with van der Waals surface area (Å²) in [5.74, 6) is 1.28. The highest BCUT2D eigenvalue weighted by atomic mass is 15.1. The number of aromatic nitrogens is 2. The van der Waals surface area contributed by atoms with E-state index in [-0.39, 0.29) is 0 Å². The molecule has 0 saturated heterocycles. The molecule has 2 N–H and O–H groups in total. The van der Waals surface area contributed by atoms with E-state index in [1.54, 1.807) is 0 Å². The summed E-state index contributed by atoms with van der Waals surface area (Å²) in [5.41, 5.74) is 9.14. The molecule has 0 bridgehead atoms. The van der Waals surface area contributed by atoms with Crippen LogP contribution in [-0.2, 0) is 6.42 Å². The minimum absolute atomic E-state index is 0.330. The van der Waals surface area contributed by atoms with Crippen molar-refractivity contribution in [2.45, 2.75) is 47.0 Å². The van der Waals surface area contributed by atoms with Gasteiger partial charge in [-0.25, -0.2) is 9.97 Å². The van der Waals surface area contributed by atoms with Crippen LogP contribution in [0.25, 0.3) is 0 Å². The van der Waals surface area contributed by atoms with Crippen molar-refractivity contribution in [1.29, 1.82) is 0 Å². The van der Waals surface area contributed by atoms with Crippen LogP contribution >= 0.6 is 0 Å². The molecule has 0 fully saturated rings. The highest BCUT2D eigenvalue weighted by Gasteiger charge is 2.14. The first-order valence-electron chi connectivity index (χ1n) is 7.29. The molecule has 0 amide bonds. The van der Waals surface area contributed by atoms with Gasteiger partial charge in [0, 0.05) is 24.4 Å². The normalized spacial score (nSPS) is 13.0. The third-order valence-electron chi connectivity index (χ3n) is 3.77. The summed E-state index contributed by atoms with van der Waals surface area (Å²) < 4.78 is 0. The largest absolute Gasteiger partial charge is 0.330 e. The van der Waals surface area contributed by atoms with Crippen molar-refractivity contribution in [3.05, 3.63) is 22.8 Å². The standard InChI is InChI=1S/C15H28N4/c1-6-19(7-2)9-8-14-17-12(4)15(11(3)10-16)13(5)18-14/h11H,6-10,16H2,1-5H3. The van der Waals surface area contributed by atoms with Gasteiger partial charge in [0.2, 0.25) is 0 Å². The van der Waals surface area contributed by atoms with Gasteiger partial charge < -0.3 is 10.6 Å². The molecule has 0 aliphatic heterocycles. The third kappa shape index (κ3) is 4.25. The highest BCUT2D eigenvalue weighted by molar-refractivity contribution is 5.28. The van der Waals surface area contributed by atoms with E-state index in [0.717, 1.165) is 43.3 Å².